The minimum Gasteiger partial charge on any atom is -0.444 e. The van der Waals surface area contributed by atoms with Gasteiger partial charge in [-0.05, 0) is 64.8 Å². The summed E-state index contributed by atoms with van der Waals surface area (Å²) >= 11 is 12.3. The highest BCUT2D eigenvalue weighted by Gasteiger charge is 2.22. The average Bonchev–Trinajstić information content (AvgIpc) is 2.64. The molecule has 29 heavy (non-hydrogen) atoms. The maximum atomic E-state index is 12.1. The Morgan fingerprint density at radius 2 is 2.07 bits per heavy atom. The zero-order chi connectivity index (χ0) is 21.4. The van der Waals surface area contributed by atoms with Gasteiger partial charge in [0.1, 0.15) is 5.60 Å². The van der Waals surface area contributed by atoms with Crippen molar-refractivity contribution < 1.29 is 19.0 Å². The Hall–Kier alpha value is -1.05. The lowest BCUT2D eigenvalue weighted by atomic mass is 10.1. The van der Waals surface area contributed by atoms with Crippen molar-refractivity contribution in [3.63, 3.8) is 0 Å². The quantitative estimate of drug-likeness (QED) is 0.606. The van der Waals surface area contributed by atoms with Crippen LogP contribution in [0.4, 0.5) is 4.79 Å². The first kappa shape index (κ1) is 24.2. The van der Waals surface area contributed by atoms with Crippen molar-refractivity contribution >= 4 is 29.3 Å². The third-order valence-corrected chi connectivity index (χ3v) is 5.32. The first-order valence-electron chi connectivity index (χ1n) is 10.0. The fourth-order valence-corrected chi connectivity index (χ4v) is 3.38. The molecule has 0 aromatic heterocycles. The zero-order valence-corrected chi connectivity index (χ0v) is 19.2. The van der Waals surface area contributed by atoms with E-state index in [2.05, 4.69) is 10.2 Å². The van der Waals surface area contributed by atoms with Crippen LogP contribution in [0.5, 0.6) is 0 Å². The number of alkyl carbamates (subject to hydrolysis) is 1. The smallest absolute Gasteiger partial charge is 0.407 e. The maximum Gasteiger partial charge on any atom is 0.407 e. The van der Waals surface area contributed by atoms with E-state index in [4.69, 9.17) is 37.4 Å². The Balaban J connectivity index is 1.98. The number of nitrogens with one attached hydrogen (secondary N) is 1. The third-order valence-electron chi connectivity index (χ3n) is 4.58. The molecule has 1 N–H and O–H groups in total. The summed E-state index contributed by atoms with van der Waals surface area (Å²) in [5.41, 5.74) is 0.398. The molecular formula is C21H32Cl2N2O4. The van der Waals surface area contributed by atoms with Crippen molar-refractivity contribution in [1.29, 1.82) is 0 Å². The molecule has 2 rings (SSSR count). The van der Waals surface area contributed by atoms with Gasteiger partial charge < -0.3 is 19.5 Å². The van der Waals surface area contributed by atoms with Crippen molar-refractivity contribution in [3.05, 3.63) is 33.8 Å². The Bertz CT molecular complexity index is 661. The summed E-state index contributed by atoms with van der Waals surface area (Å²) in [6.45, 7) is 7.82. The number of rotatable bonds is 8. The first-order valence-corrected chi connectivity index (χ1v) is 10.8. The normalized spacial score (nSPS) is 18.5. The van der Waals surface area contributed by atoms with E-state index in [1.54, 1.807) is 6.07 Å². The SMILES string of the molecule is CN(CCOC1CCCCO1)C(CNC(=O)OC(C)(C)C)c1ccc(Cl)c(Cl)c1. The number of likely N-dealkylation sites (N-methyl/N-ethyl adjacent to an activating group) is 1. The molecule has 1 aliphatic heterocycles. The number of halogens is 2. The summed E-state index contributed by atoms with van der Waals surface area (Å²) in [5, 5.41) is 3.82. The molecule has 1 amide bonds. The lowest BCUT2D eigenvalue weighted by Crippen LogP contribution is -2.40. The van der Waals surface area contributed by atoms with Crippen LogP contribution in [0.25, 0.3) is 0 Å². The van der Waals surface area contributed by atoms with Gasteiger partial charge in [-0.3, -0.25) is 4.90 Å². The molecule has 0 spiro atoms. The molecular weight excluding hydrogens is 415 g/mol. The molecule has 1 aliphatic rings. The van der Waals surface area contributed by atoms with Crippen LogP contribution < -0.4 is 5.32 Å². The van der Waals surface area contributed by atoms with Crippen LogP contribution in [0.2, 0.25) is 10.0 Å². The van der Waals surface area contributed by atoms with Crippen molar-refractivity contribution in [3.8, 4) is 0 Å². The van der Waals surface area contributed by atoms with E-state index in [1.165, 1.54) is 0 Å². The predicted octanol–water partition coefficient (Wildman–Crippen LogP) is 5.03. The van der Waals surface area contributed by atoms with Crippen LogP contribution in [0.1, 0.15) is 51.6 Å². The standard InChI is InChI=1S/C21H32Cl2N2O4/c1-21(2,3)29-20(26)24-14-18(15-8-9-16(22)17(23)13-15)25(4)10-12-28-19-7-5-6-11-27-19/h8-9,13,18-19H,5-7,10-12,14H2,1-4H3,(H,24,26). The summed E-state index contributed by atoms with van der Waals surface area (Å²) < 4.78 is 16.8. The molecule has 2 unspecified atom stereocenters. The molecule has 2 atom stereocenters. The highest BCUT2D eigenvalue weighted by atomic mass is 35.5. The molecule has 0 bridgehead atoms. The van der Waals surface area contributed by atoms with E-state index in [9.17, 15) is 4.79 Å². The highest BCUT2D eigenvalue weighted by Crippen LogP contribution is 2.28. The van der Waals surface area contributed by atoms with Gasteiger partial charge in [-0.25, -0.2) is 4.79 Å². The molecule has 0 saturated carbocycles. The monoisotopic (exact) mass is 446 g/mol. The summed E-state index contributed by atoms with van der Waals surface area (Å²) in [7, 11) is 1.98. The predicted molar refractivity (Wildman–Crippen MR) is 116 cm³/mol. The largest absolute Gasteiger partial charge is 0.444 e. The minimum absolute atomic E-state index is 0.117. The Morgan fingerprint density at radius 3 is 2.69 bits per heavy atom. The Kier molecular flexibility index (Phi) is 9.50. The van der Waals surface area contributed by atoms with Crippen LogP contribution >= 0.6 is 23.2 Å². The number of hydrogen-bond donors (Lipinski definition) is 1. The molecule has 1 saturated heterocycles. The lowest BCUT2D eigenvalue weighted by molar-refractivity contribution is -0.164. The second-order valence-electron chi connectivity index (χ2n) is 8.22. The van der Waals surface area contributed by atoms with Gasteiger partial charge in [0.2, 0.25) is 0 Å². The van der Waals surface area contributed by atoms with Crippen LogP contribution in [-0.4, -0.2) is 56.2 Å². The zero-order valence-electron chi connectivity index (χ0n) is 17.7. The summed E-state index contributed by atoms with van der Waals surface area (Å²) in [4.78, 5) is 14.2. The van der Waals surface area contributed by atoms with Crippen molar-refractivity contribution in [2.24, 2.45) is 0 Å². The van der Waals surface area contributed by atoms with Crippen molar-refractivity contribution in [2.75, 3.05) is 33.4 Å². The van der Waals surface area contributed by atoms with E-state index < -0.39 is 11.7 Å². The number of carbonyl (C=O) groups is 1. The summed E-state index contributed by atoms with van der Waals surface area (Å²) in [6.07, 6.45) is 2.57. The van der Waals surface area contributed by atoms with Crippen molar-refractivity contribution in [2.45, 2.75) is 58.0 Å². The second kappa shape index (κ2) is 11.4. The second-order valence-corrected chi connectivity index (χ2v) is 9.03. The number of ether oxygens (including phenoxy) is 3. The van der Waals surface area contributed by atoms with Crippen LogP contribution in [0.3, 0.4) is 0 Å². The van der Waals surface area contributed by atoms with E-state index in [1.807, 2.05) is 40.0 Å². The minimum atomic E-state index is -0.553. The Labute approximate surface area is 183 Å². The molecule has 0 aliphatic carbocycles. The van der Waals surface area contributed by atoms with Crippen molar-refractivity contribution in [1.82, 2.24) is 10.2 Å². The fraction of sp³-hybridized carbons (Fsp3) is 0.667. The van der Waals surface area contributed by atoms with Gasteiger partial charge in [-0.1, -0.05) is 29.3 Å². The van der Waals surface area contributed by atoms with Gasteiger partial charge in [-0.15, -0.1) is 0 Å². The van der Waals surface area contributed by atoms with Gasteiger partial charge in [0.25, 0.3) is 0 Å². The topological polar surface area (TPSA) is 60.0 Å². The molecule has 1 aromatic carbocycles. The van der Waals surface area contributed by atoms with E-state index in [0.717, 1.165) is 31.4 Å². The van der Waals surface area contributed by atoms with Gasteiger partial charge in [0.05, 0.1) is 22.7 Å². The van der Waals surface area contributed by atoms with E-state index in [0.29, 0.717) is 29.7 Å². The highest BCUT2D eigenvalue weighted by molar-refractivity contribution is 6.42. The van der Waals surface area contributed by atoms with Crippen LogP contribution in [0.15, 0.2) is 18.2 Å². The lowest BCUT2D eigenvalue weighted by Gasteiger charge is -2.30. The maximum absolute atomic E-state index is 12.1. The third kappa shape index (κ3) is 8.69. The number of carbonyl (C=O) groups excluding carboxylic acids is 1. The molecule has 6 nitrogen and oxygen atoms in total. The summed E-state index contributed by atoms with van der Waals surface area (Å²) in [5.74, 6) is 0. The first-order chi connectivity index (χ1) is 13.7. The molecule has 164 valence electrons. The van der Waals surface area contributed by atoms with Gasteiger partial charge in [0, 0.05) is 19.7 Å². The van der Waals surface area contributed by atoms with Gasteiger partial charge in [-0.2, -0.15) is 0 Å². The van der Waals surface area contributed by atoms with Crippen LogP contribution in [0, 0.1) is 0 Å². The van der Waals surface area contributed by atoms with E-state index in [-0.39, 0.29) is 12.3 Å². The molecule has 8 heteroatoms. The molecule has 0 radical (unpaired) electrons. The van der Waals surface area contributed by atoms with Gasteiger partial charge in [0.15, 0.2) is 6.29 Å². The number of benzene rings is 1. The van der Waals surface area contributed by atoms with Crippen LogP contribution in [-0.2, 0) is 14.2 Å². The van der Waals surface area contributed by atoms with E-state index >= 15 is 0 Å². The Morgan fingerprint density at radius 1 is 1.31 bits per heavy atom. The molecule has 1 aromatic rings. The van der Waals surface area contributed by atoms with Gasteiger partial charge >= 0.3 is 6.09 Å². The summed E-state index contributed by atoms with van der Waals surface area (Å²) in [6, 6.07) is 5.39. The molecule has 1 heterocycles. The number of amides is 1. The fourth-order valence-electron chi connectivity index (χ4n) is 3.07. The average molecular weight is 447 g/mol. The number of nitrogens with zero attached hydrogens (tertiary/aromatic N) is 1. The number of hydrogen-bond acceptors (Lipinski definition) is 5. The molecule has 1 fully saturated rings.